The summed E-state index contributed by atoms with van der Waals surface area (Å²) in [5, 5.41) is 3.39. The van der Waals surface area contributed by atoms with Crippen molar-refractivity contribution in [3.05, 3.63) is 57.3 Å². The predicted molar refractivity (Wildman–Crippen MR) is 78.4 cm³/mol. The van der Waals surface area contributed by atoms with E-state index in [2.05, 4.69) is 15.1 Å². The number of alkyl halides is 5. The van der Waals surface area contributed by atoms with Crippen LogP contribution >= 0.6 is 0 Å². The monoisotopic (exact) mass is 358 g/mol. The van der Waals surface area contributed by atoms with Crippen LogP contribution in [0.4, 0.5) is 22.0 Å². The fourth-order valence-corrected chi connectivity index (χ4v) is 2.45. The predicted octanol–water partition coefficient (Wildman–Crippen LogP) is 3.43. The fourth-order valence-electron chi connectivity index (χ4n) is 2.45. The first-order chi connectivity index (χ1) is 11.7. The lowest BCUT2D eigenvalue weighted by molar-refractivity contribution is -0.137. The van der Waals surface area contributed by atoms with E-state index in [1.165, 1.54) is 19.1 Å². The Balaban J connectivity index is 2.06. The van der Waals surface area contributed by atoms with Crippen LogP contribution in [0.15, 0.2) is 29.1 Å². The first-order valence-electron chi connectivity index (χ1n) is 7.08. The molecule has 1 aromatic carbocycles. The molecule has 0 unspecified atom stereocenters. The third-order valence-electron chi connectivity index (χ3n) is 3.57. The van der Waals surface area contributed by atoms with Crippen LogP contribution in [0.25, 0.3) is 11.0 Å². The maximum atomic E-state index is 13.1. The zero-order chi connectivity index (χ0) is 18.4. The van der Waals surface area contributed by atoms with E-state index in [1.807, 2.05) is 0 Å². The number of hydrogen-bond acceptors (Lipinski definition) is 3. The Kier molecular flexibility index (Phi) is 4.05. The number of H-pyrrole nitrogens is 1. The Hall–Kier alpha value is -2.78. The van der Waals surface area contributed by atoms with E-state index in [4.69, 9.17) is 0 Å². The van der Waals surface area contributed by atoms with Crippen LogP contribution in [0, 0.1) is 6.92 Å². The molecule has 5 nitrogen and oxygen atoms in total. The van der Waals surface area contributed by atoms with Crippen LogP contribution < -0.4 is 5.56 Å². The van der Waals surface area contributed by atoms with Gasteiger partial charge in [0.05, 0.1) is 12.1 Å². The number of fused-ring (bicyclic) bond motifs is 1. The number of aryl methyl sites for hydroxylation is 1. The molecule has 3 aromatic rings. The van der Waals surface area contributed by atoms with Gasteiger partial charge in [0.15, 0.2) is 5.65 Å². The maximum Gasteiger partial charge on any atom is 0.416 e. The largest absolute Gasteiger partial charge is 0.416 e. The van der Waals surface area contributed by atoms with Gasteiger partial charge in [-0.3, -0.25) is 4.79 Å². The second kappa shape index (κ2) is 5.94. The first kappa shape index (κ1) is 17.1. The van der Waals surface area contributed by atoms with Crippen molar-refractivity contribution in [2.75, 3.05) is 0 Å². The molecule has 1 N–H and O–H groups in total. The molecule has 0 aliphatic rings. The Bertz CT molecular complexity index is 972. The van der Waals surface area contributed by atoms with Crippen LogP contribution in [-0.2, 0) is 12.7 Å². The highest BCUT2D eigenvalue weighted by atomic mass is 19.4. The van der Waals surface area contributed by atoms with E-state index in [-0.39, 0.29) is 23.4 Å². The number of nitrogens with one attached hydrogen (secondary N) is 1. The molecular formula is C15H11F5N4O. The van der Waals surface area contributed by atoms with Gasteiger partial charge in [0, 0.05) is 0 Å². The van der Waals surface area contributed by atoms with Crippen molar-refractivity contribution >= 4 is 11.0 Å². The Morgan fingerprint density at radius 3 is 2.40 bits per heavy atom. The van der Waals surface area contributed by atoms with Crippen molar-refractivity contribution in [2.24, 2.45) is 0 Å². The van der Waals surface area contributed by atoms with E-state index in [0.717, 1.165) is 16.8 Å². The first-order valence-corrected chi connectivity index (χ1v) is 7.08. The van der Waals surface area contributed by atoms with Crippen LogP contribution in [0.5, 0.6) is 0 Å². The summed E-state index contributed by atoms with van der Waals surface area (Å²) >= 11 is 0. The zero-order valence-corrected chi connectivity index (χ0v) is 12.7. The Morgan fingerprint density at radius 1 is 1.20 bits per heavy atom. The van der Waals surface area contributed by atoms with Crippen molar-refractivity contribution in [1.29, 1.82) is 0 Å². The highest BCUT2D eigenvalue weighted by Crippen LogP contribution is 2.29. The third kappa shape index (κ3) is 3.24. The second-order valence-electron chi connectivity index (χ2n) is 5.39. The lowest BCUT2D eigenvalue weighted by atomic mass is 10.1. The zero-order valence-electron chi connectivity index (χ0n) is 12.7. The standard InChI is InChI=1S/C15H11F5N4O/c1-7-21-13-10(14(25)22-7)11(12(16)17)23-24(13)6-8-2-4-9(5-3-8)15(18,19)20/h2-5,12H,6H2,1H3,(H,21,22,25). The van der Waals surface area contributed by atoms with Gasteiger partial charge in [-0.15, -0.1) is 0 Å². The van der Waals surface area contributed by atoms with Crippen LogP contribution in [0.1, 0.15) is 29.1 Å². The molecule has 0 bridgehead atoms. The van der Waals surface area contributed by atoms with Crippen molar-refractivity contribution < 1.29 is 22.0 Å². The molecule has 2 heterocycles. The molecule has 10 heteroatoms. The summed E-state index contributed by atoms with van der Waals surface area (Å²) in [6.07, 6.45) is -7.45. The quantitative estimate of drug-likeness (QED) is 0.730. The van der Waals surface area contributed by atoms with Crippen molar-refractivity contribution in [3.63, 3.8) is 0 Å². The highest BCUT2D eigenvalue weighted by molar-refractivity contribution is 5.77. The summed E-state index contributed by atoms with van der Waals surface area (Å²) in [4.78, 5) is 18.3. The number of aromatic amines is 1. The topological polar surface area (TPSA) is 63.6 Å². The van der Waals surface area contributed by atoms with Gasteiger partial charge < -0.3 is 4.98 Å². The summed E-state index contributed by atoms with van der Waals surface area (Å²) in [5.74, 6) is 0.215. The average Bonchev–Trinajstić information content (AvgIpc) is 2.86. The summed E-state index contributed by atoms with van der Waals surface area (Å²) in [6, 6.07) is 4.22. The molecule has 132 valence electrons. The Labute approximate surface area is 137 Å². The minimum absolute atomic E-state index is 0.0450. The lowest BCUT2D eigenvalue weighted by Crippen LogP contribution is -2.11. The summed E-state index contributed by atoms with van der Waals surface area (Å²) in [7, 11) is 0. The fraction of sp³-hybridized carbons (Fsp3) is 0.267. The van der Waals surface area contributed by atoms with Gasteiger partial charge in [-0.1, -0.05) is 12.1 Å². The number of nitrogens with zero attached hydrogens (tertiary/aromatic N) is 3. The van der Waals surface area contributed by atoms with Gasteiger partial charge in [0.1, 0.15) is 16.9 Å². The van der Waals surface area contributed by atoms with E-state index in [0.29, 0.717) is 5.56 Å². The van der Waals surface area contributed by atoms with Gasteiger partial charge in [-0.2, -0.15) is 18.3 Å². The Morgan fingerprint density at radius 2 is 1.84 bits per heavy atom. The molecule has 25 heavy (non-hydrogen) atoms. The van der Waals surface area contributed by atoms with Crippen molar-refractivity contribution in [3.8, 4) is 0 Å². The summed E-state index contributed by atoms with van der Waals surface area (Å²) in [6.45, 7) is 1.38. The van der Waals surface area contributed by atoms with Gasteiger partial charge in [-0.25, -0.2) is 18.4 Å². The van der Waals surface area contributed by atoms with Crippen molar-refractivity contribution in [1.82, 2.24) is 19.7 Å². The van der Waals surface area contributed by atoms with E-state index in [1.54, 1.807) is 0 Å². The lowest BCUT2D eigenvalue weighted by Gasteiger charge is -2.08. The summed E-state index contributed by atoms with van der Waals surface area (Å²) < 4.78 is 65.1. The van der Waals surface area contributed by atoms with Gasteiger partial charge in [-0.05, 0) is 24.6 Å². The van der Waals surface area contributed by atoms with Crippen LogP contribution in [0.3, 0.4) is 0 Å². The third-order valence-corrected chi connectivity index (χ3v) is 3.57. The molecule has 0 aliphatic heterocycles. The summed E-state index contributed by atoms with van der Waals surface area (Å²) in [5.41, 5.74) is -1.92. The van der Waals surface area contributed by atoms with Crippen molar-refractivity contribution in [2.45, 2.75) is 26.1 Å². The molecule has 0 saturated carbocycles. The molecule has 2 aromatic heterocycles. The number of hydrogen-bond donors (Lipinski definition) is 1. The normalized spacial score (nSPS) is 12.3. The van der Waals surface area contributed by atoms with Crippen LogP contribution in [0.2, 0.25) is 0 Å². The molecule has 0 atom stereocenters. The molecule has 0 aliphatic carbocycles. The SMILES string of the molecule is Cc1nc2c(c(C(F)F)nn2Cc2ccc(C(F)(F)F)cc2)c(=O)[nH]1. The molecule has 0 fully saturated rings. The minimum Gasteiger partial charge on any atom is -0.310 e. The number of rotatable bonds is 3. The molecular weight excluding hydrogens is 347 g/mol. The highest BCUT2D eigenvalue weighted by Gasteiger charge is 2.30. The second-order valence-corrected chi connectivity index (χ2v) is 5.39. The molecule has 3 rings (SSSR count). The number of benzene rings is 1. The molecule has 0 radical (unpaired) electrons. The molecule has 0 spiro atoms. The molecule has 0 saturated heterocycles. The average molecular weight is 358 g/mol. The number of halogens is 5. The van der Waals surface area contributed by atoms with E-state index < -0.39 is 29.4 Å². The smallest absolute Gasteiger partial charge is 0.310 e. The number of aromatic nitrogens is 4. The maximum absolute atomic E-state index is 13.1. The van der Waals surface area contributed by atoms with E-state index in [9.17, 15) is 26.7 Å². The van der Waals surface area contributed by atoms with Crippen LogP contribution in [-0.4, -0.2) is 19.7 Å². The minimum atomic E-state index is -4.47. The van der Waals surface area contributed by atoms with Gasteiger partial charge in [0.2, 0.25) is 0 Å². The molecule has 0 amide bonds. The van der Waals surface area contributed by atoms with Gasteiger partial charge in [0.25, 0.3) is 12.0 Å². The van der Waals surface area contributed by atoms with E-state index >= 15 is 0 Å². The van der Waals surface area contributed by atoms with Gasteiger partial charge >= 0.3 is 6.18 Å².